The average Bonchev–Trinajstić information content (AvgIpc) is 2.29. The molecule has 0 saturated heterocycles. The number of carboxylic acids is 1. The van der Waals surface area contributed by atoms with Crippen molar-refractivity contribution in [3.8, 4) is 0 Å². The van der Waals surface area contributed by atoms with Crippen LogP contribution < -0.4 is 5.32 Å². The van der Waals surface area contributed by atoms with E-state index in [0.717, 1.165) is 0 Å². The molecular formula is C11H13BrN2O4. The number of nitrogens with one attached hydrogen (secondary N) is 1. The van der Waals surface area contributed by atoms with Gasteiger partial charge in [0.15, 0.2) is 0 Å². The Morgan fingerprint density at radius 2 is 2.22 bits per heavy atom. The number of rotatable bonds is 5. The summed E-state index contributed by atoms with van der Waals surface area (Å²) in [5, 5.41) is 22.7. The maximum Gasteiger partial charge on any atom is 0.326 e. The number of benzene rings is 1. The molecular weight excluding hydrogens is 304 g/mol. The van der Waals surface area contributed by atoms with Gasteiger partial charge in [-0.15, -0.1) is 0 Å². The molecule has 0 aliphatic carbocycles. The number of halogens is 1. The van der Waals surface area contributed by atoms with Gasteiger partial charge in [0, 0.05) is 10.0 Å². The number of carbonyl (C=O) groups is 1. The van der Waals surface area contributed by atoms with Crippen molar-refractivity contribution in [2.45, 2.75) is 26.3 Å². The fraction of sp³-hybridized carbons (Fsp3) is 0.364. The lowest BCUT2D eigenvalue weighted by molar-refractivity contribution is -0.384. The lowest BCUT2D eigenvalue weighted by atomic mass is 10.1. The van der Waals surface area contributed by atoms with Gasteiger partial charge in [-0.05, 0) is 25.5 Å². The molecule has 0 fully saturated rings. The lowest BCUT2D eigenvalue weighted by Gasteiger charge is -2.15. The maximum absolute atomic E-state index is 11.0. The Morgan fingerprint density at radius 3 is 2.67 bits per heavy atom. The van der Waals surface area contributed by atoms with Gasteiger partial charge in [-0.2, -0.15) is 0 Å². The van der Waals surface area contributed by atoms with Crippen LogP contribution in [0.15, 0.2) is 16.6 Å². The molecule has 1 rings (SSSR count). The molecule has 1 atom stereocenters. The Morgan fingerprint density at radius 1 is 1.61 bits per heavy atom. The van der Waals surface area contributed by atoms with E-state index >= 15 is 0 Å². The summed E-state index contributed by atoms with van der Waals surface area (Å²) >= 11 is 3.21. The molecule has 0 aliphatic rings. The number of hydrogen-bond donors (Lipinski definition) is 2. The molecule has 2 N–H and O–H groups in total. The van der Waals surface area contributed by atoms with Crippen LogP contribution in [0.1, 0.15) is 18.9 Å². The molecule has 98 valence electrons. The smallest absolute Gasteiger partial charge is 0.326 e. The second-order valence-electron chi connectivity index (χ2n) is 3.77. The molecule has 0 amide bonds. The third-order valence-corrected chi connectivity index (χ3v) is 3.44. The highest BCUT2D eigenvalue weighted by atomic mass is 79.9. The van der Waals surface area contributed by atoms with E-state index in [0.29, 0.717) is 16.5 Å². The van der Waals surface area contributed by atoms with Crippen LogP contribution in [0.2, 0.25) is 0 Å². The van der Waals surface area contributed by atoms with Gasteiger partial charge in [0.25, 0.3) is 5.69 Å². The summed E-state index contributed by atoms with van der Waals surface area (Å²) in [5.74, 6) is -1.03. The summed E-state index contributed by atoms with van der Waals surface area (Å²) in [5.41, 5.74) is 0.573. The standard InChI is InChI=1S/C11H13BrN2O4/c1-3-8(11(15)16)13-9-5-4-7(12)6(2)10(9)14(17)18/h4-5,8,13H,3H2,1-2H3,(H,15,16). The minimum Gasteiger partial charge on any atom is -0.480 e. The third kappa shape index (κ3) is 2.98. The molecule has 1 aromatic rings. The van der Waals surface area contributed by atoms with E-state index in [4.69, 9.17) is 5.11 Å². The van der Waals surface area contributed by atoms with Crippen LogP contribution in [-0.2, 0) is 4.79 Å². The first-order chi connectivity index (χ1) is 8.38. The molecule has 0 aromatic heterocycles. The maximum atomic E-state index is 11.0. The fourth-order valence-electron chi connectivity index (χ4n) is 1.55. The highest BCUT2D eigenvalue weighted by molar-refractivity contribution is 9.10. The van der Waals surface area contributed by atoms with Gasteiger partial charge in [-0.3, -0.25) is 10.1 Å². The summed E-state index contributed by atoms with van der Waals surface area (Å²) < 4.78 is 0.614. The summed E-state index contributed by atoms with van der Waals surface area (Å²) in [6.07, 6.45) is 0.335. The summed E-state index contributed by atoms with van der Waals surface area (Å²) in [4.78, 5) is 21.4. The van der Waals surface area contributed by atoms with Crippen LogP contribution in [0.4, 0.5) is 11.4 Å². The molecule has 0 spiro atoms. The molecule has 1 unspecified atom stereocenters. The molecule has 0 aliphatic heterocycles. The van der Waals surface area contributed by atoms with Crippen molar-refractivity contribution >= 4 is 33.3 Å². The summed E-state index contributed by atoms with van der Waals surface area (Å²) in [6.45, 7) is 3.30. The molecule has 1 aromatic carbocycles. The van der Waals surface area contributed by atoms with Gasteiger partial charge >= 0.3 is 5.97 Å². The largest absolute Gasteiger partial charge is 0.480 e. The van der Waals surface area contributed by atoms with Crippen molar-refractivity contribution < 1.29 is 14.8 Å². The number of anilines is 1. The van der Waals surface area contributed by atoms with Crippen molar-refractivity contribution in [3.05, 3.63) is 32.3 Å². The zero-order chi connectivity index (χ0) is 13.9. The van der Waals surface area contributed by atoms with Crippen molar-refractivity contribution in [1.29, 1.82) is 0 Å². The van der Waals surface area contributed by atoms with Gasteiger partial charge < -0.3 is 10.4 Å². The van der Waals surface area contributed by atoms with Gasteiger partial charge in [0.2, 0.25) is 0 Å². The van der Waals surface area contributed by atoms with E-state index in [-0.39, 0.29) is 11.4 Å². The van der Waals surface area contributed by atoms with E-state index in [1.165, 1.54) is 6.07 Å². The minimum atomic E-state index is -1.03. The molecule has 7 heteroatoms. The zero-order valence-electron chi connectivity index (χ0n) is 9.94. The molecule has 0 heterocycles. The predicted octanol–water partition coefficient (Wildman–Crippen LogP) is 2.94. The van der Waals surface area contributed by atoms with Crippen LogP contribution in [0, 0.1) is 17.0 Å². The minimum absolute atomic E-state index is 0.107. The molecule has 18 heavy (non-hydrogen) atoms. The van der Waals surface area contributed by atoms with E-state index < -0.39 is 16.9 Å². The van der Waals surface area contributed by atoms with Gasteiger partial charge in [0.1, 0.15) is 11.7 Å². The second kappa shape index (κ2) is 5.81. The van der Waals surface area contributed by atoms with Crippen molar-refractivity contribution in [2.75, 3.05) is 5.32 Å². The first-order valence-electron chi connectivity index (χ1n) is 5.31. The second-order valence-corrected chi connectivity index (χ2v) is 4.62. The Balaban J connectivity index is 3.20. The van der Waals surface area contributed by atoms with E-state index in [9.17, 15) is 14.9 Å². The predicted molar refractivity (Wildman–Crippen MR) is 70.9 cm³/mol. The number of carboxylic acid groups (broad SMARTS) is 1. The van der Waals surface area contributed by atoms with Gasteiger partial charge in [-0.25, -0.2) is 4.79 Å². The monoisotopic (exact) mass is 316 g/mol. The zero-order valence-corrected chi connectivity index (χ0v) is 11.5. The molecule has 6 nitrogen and oxygen atoms in total. The number of nitro groups is 1. The van der Waals surface area contributed by atoms with Crippen molar-refractivity contribution in [2.24, 2.45) is 0 Å². The van der Waals surface area contributed by atoms with E-state index in [1.54, 1.807) is 19.9 Å². The van der Waals surface area contributed by atoms with Crippen LogP contribution in [0.25, 0.3) is 0 Å². The molecule has 0 bridgehead atoms. The van der Waals surface area contributed by atoms with Crippen LogP contribution in [0.5, 0.6) is 0 Å². The highest BCUT2D eigenvalue weighted by Crippen LogP contribution is 2.33. The Bertz CT molecular complexity index is 490. The van der Waals surface area contributed by atoms with E-state index in [2.05, 4.69) is 21.2 Å². The number of nitro benzene ring substituents is 1. The summed E-state index contributed by atoms with van der Waals surface area (Å²) in [6, 6.07) is 2.31. The van der Waals surface area contributed by atoms with Gasteiger partial charge in [-0.1, -0.05) is 22.9 Å². The summed E-state index contributed by atoms with van der Waals surface area (Å²) in [7, 11) is 0. The Kier molecular flexibility index (Phi) is 4.66. The van der Waals surface area contributed by atoms with Crippen molar-refractivity contribution in [3.63, 3.8) is 0 Å². The van der Waals surface area contributed by atoms with Crippen LogP contribution in [-0.4, -0.2) is 22.0 Å². The highest BCUT2D eigenvalue weighted by Gasteiger charge is 2.23. The first kappa shape index (κ1) is 14.4. The average molecular weight is 317 g/mol. The topological polar surface area (TPSA) is 92.5 Å². The molecule has 0 radical (unpaired) electrons. The number of aliphatic carboxylic acids is 1. The van der Waals surface area contributed by atoms with E-state index in [1.807, 2.05) is 0 Å². The van der Waals surface area contributed by atoms with Crippen LogP contribution in [0.3, 0.4) is 0 Å². The van der Waals surface area contributed by atoms with Crippen LogP contribution >= 0.6 is 15.9 Å². The number of nitrogens with zero attached hydrogens (tertiary/aromatic N) is 1. The van der Waals surface area contributed by atoms with Gasteiger partial charge in [0.05, 0.1) is 4.92 Å². The van der Waals surface area contributed by atoms with Crippen molar-refractivity contribution in [1.82, 2.24) is 0 Å². The third-order valence-electron chi connectivity index (χ3n) is 2.58. The fourth-order valence-corrected chi connectivity index (χ4v) is 1.87. The normalized spacial score (nSPS) is 11.9. The quantitative estimate of drug-likeness (QED) is 0.643. The molecule has 0 saturated carbocycles. The lowest BCUT2D eigenvalue weighted by Crippen LogP contribution is -2.28. The Labute approximate surface area is 112 Å². The number of hydrogen-bond acceptors (Lipinski definition) is 4. The Hall–Kier alpha value is -1.63. The first-order valence-corrected chi connectivity index (χ1v) is 6.10. The SMILES string of the molecule is CCC(Nc1ccc(Br)c(C)c1[N+](=O)[O-])C(=O)O.